The highest BCUT2D eigenvalue weighted by atomic mass is 32.1. The van der Waals surface area contributed by atoms with Crippen LogP contribution in [0.4, 0.5) is 15.0 Å². The van der Waals surface area contributed by atoms with E-state index in [1.807, 2.05) is 29.7 Å². The Labute approximate surface area is 217 Å². The Morgan fingerprint density at radius 1 is 1.32 bits per heavy atom. The second-order valence-electron chi connectivity index (χ2n) is 8.20. The molecule has 0 saturated heterocycles. The summed E-state index contributed by atoms with van der Waals surface area (Å²) < 4.78 is 24.5. The van der Waals surface area contributed by atoms with Crippen molar-refractivity contribution < 1.29 is 28.6 Å². The summed E-state index contributed by atoms with van der Waals surface area (Å²) in [4.78, 5) is 34.3. The van der Waals surface area contributed by atoms with Gasteiger partial charge in [0, 0.05) is 23.1 Å². The van der Waals surface area contributed by atoms with Crippen molar-refractivity contribution in [2.75, 3.05) is 18.6 Å². The van der Waals surface area contributed by atoms with Gasteiger partial charge in [-0.2, -0.15) is 0 Å². The van der Waals surface area contributed by atoms with E-state index in [0.717, 1.165) is 5.56 Å². The minimum atomic E-state index is -1.08. The topological polar surface area (TPSA) is 102 Å². The lowest BCUT2D eigenvalue weighted by Crippen LogP contribution is -2.40. The van der Waals surface area contributed by atoms with Crippen LogP contribution < -0.4 is 9.64 Å². The van der Waals surface area contributed by atoms with Crippen LogP contribution in [0.3, 0.4) is 0 Å². The summed E-state index contributed by atoms with van der Waals surface area (Å²) in [6.45, 7) is 1.98. The molecule has 2 atom stereocenters. The van der Waals surface area contributed by atoms with E-state index in [2.05, 4.69) is 9.97 Å². The molecule has 1 aromatic carbocycles. The first kappa shape index (κ1) is 26.0. The number of rotatable bonds is 9. The highest BCUT2D eigenvalue weighted by molar-refractivity contribution is 7.09. The Balaban J connectivity index is 1.52. The molecule has 0 bridgehead atoms. The zero-order valence-electron chi connectivity index (χ0n) is 20.3. The first-order chi connectivity index (χ1) is 17.9. The van der Waals surface area contributed by atoms with Crippen LogP contribution in [0, 0.1) is 5.82 Å². The number of halogens is 1. The molecule has 1 aliphatic rings. The van der Waals surface area contributed by atoms with Crippen LogP contribution in [0.5, 0.6) is 5.75 Å². The standard InChI is InChI=1S/C27H26FN3O5S/c1-3-36-24(32)15-21(18-10-12-23(35-2)22(28)14-18)26-30-19(16-37-26)7-4-8-20-11-9-17-6-5-13-29-25(17)31(20)27(33)34/h4-7,9-14,16,20-21H,3,8,15H2,1-2H3,(H,33,34)/b7-4+. The van der Waals surface area contributed by atoms with Gasteiger partial charge in [0.2, 0.25) is 0 Å². The second-order valence-corrected chi connectivity index (χ2v) is 9.09. The molecular weight excluding hydrogens is 497 g/mol. The van der Waals surface area contributed by atoms with Gasteiger partial charge >= 0.3 is 12.1 Å². The summed E-state index contributed by atoms with van der Waals surface area (Å²) in [5.41, 5.74) is 1.99. The molecule has 0 saturated carbocycles. The normalized spacial score (nSPS) is 15.4. The van der Waals surface area contributed by atoms with Gasteiger partial charge in [-0.05, 0) is 49.2 Å². The van der Waals surface area contributed by atoms with Crippen LogP contribution in [0.1, 0.15) is 47.5 Å². The van der Waals surface area contributed by atoms with Gasteiger partial charge in [-0.3, -0.25) is 9.69 Å². The van der Waals surface area contributed by atoms with Crippen LogP contribution >= 0.6 is 11.3 Å². The molecule has 0 aliphatic carbocycles. The van der Waals surface area contributed by atoms with E-state index in [1.54, 1.807) is 31.3 Å². The lowest BCUT2D eigenvalue weighted by molar-refractivity contribution is -0.143. The molecule has 1 aliphatic heterocycles. The van der Waals surface area contributed by atoms with E-state index in [1.165, 1.54) is 35.5 Å². The Hall–Kier alpha value is -4.05. The van der Waals surface area contributed by atoms with Gasteiger partial charge in [-0.15, -0.1) is 11.3 Å². The SMILES string of the molecule is CCOC(=O)CC(c1ccc(OC)c(F)c1)c1nc(/C=C/CC2C=Cc3cccnc3N2C(=O)O)cs1. The number of carbonyl (C=O) groups excluding carboxylic acids is 1. The number of fused-ring (bicyclic) bond motifs is 1. The smallest absolute Gasteiger partial charge is 0.413 e. The maximum Gasteiger partial charge on any atom is 0.413 e. The van der Waals surface area contributed by atoms with Gasteiger partial charge in [0.05, 0.1) is 31.9 Å². The number of nitrogens with zero attached hydrogens (tertiary/aromatic N) is 3. The molecular formula is C27H26FN3O5S. The molecule has 1 amide bonds. The number of hydrogen-bond donors (Lipinski definition) is 1. The summed E-state index contributed by atoms with van der Waals surface area (Å²) in [5, 5.41) is 12.2. The lowest BCUT2D eigenvalue weighted by Gasteiger charge is -2.29. The van der Waals surface area contributed by atoms with Crippen molar-refractivity contribution in [3.8, 4) is 5.75 Å². The largest absolute Gasteiger partial charge is 0.494 e. The first-order valence-electron chi connectivity index (χ1n) is 11.7. The van der Waals surface area contributed by atoms with Gasteiger partial charge < -0.3 is 14.6 Å². The Morgan fingerprint density at radius 2 is 2.16 bits per heavy atom. The van der Waals surface area contributed by atoms with Crippen molar-refractivity contribution >= 4 is 41.4 Å². The number of anilines is 1. The molecule has 2 unspecified atom stereocenters. The van der Waals surface area contributed by atoms with Crippen molar-refractivity contribution in [1.29, 1.82) is 0 Å². The Bertz CT molecular complexity index is 1340. The molecule has 3 heterocycles. The zero-order valence-corrected chi connectivity index (χ0v) is 21.2. The number of carbonyl (C=O) groups is 2. The molecule has 0 fully saturated rings. The highest BCUT2D eigenvalue weighted by Crippen LogP contribution is 2.34. The number of aromatic nitrogens is 2. The molecule has 0 spiro atoms. The van der Waals surface area contributed by atoms with Gasteiger partial charge in [0.25, 0.3) is 0 Å². The monoisotopic (exact) mass is 523 g/mol. The van der Waals surface area contributed by atoms with Gasteiger partial charge in [0.1, 0.15) is 10.8 Å². The number of amides is 1. The van der Waals surface area contributed by atoms with E-state index in [9.17, 15) is 19.1 Å². The van der Waals surface area contributed by atoms with E-state index in [4.69, 9.17) is 9.47 Å². The number of esters is 1. The number of thiazole rings is 1. The van der Waals surface area contributed by atoms with Gasteiger partial charge in [-0.25, -0.2) is 19.2 Å². The summed E-state index contributed by atoms with van der Waals surface area (Å²) >= 11 is 1.36. The maximum absolute atomic E-state index is 14.4. The molecule has 10 heteroatoms. The quantitative estimate of drug-likeness (QED) is 0.356. The zero-order chi connectivity index (χ0) is 26.4. The first-order valence-corrected chi connectivity index (χ1v) is 12.6. The average Bonchev–Trinajstić information content (AvgIpc) is 3.35. The van der Waals surface area contributed by atoms with Crippen molar-refractivity contribution in [3.63, 3.8) is 0 Å². The fraction of sp³-hybridized carbons (Fsp3) is 0.259. The number of methoxy groups -OCH3 is 1. The predicted molar refractivity (Wildman–Crippen MR) is 139 cm³/mol. The summed E-state index contributed by atoms with van der Waals surface area (Å²) in [7, 11) is 1.39. The van der Waals surface area contributed by atoms with Crippen LogP contribution in [-0.2, 0) is 9.53 Å². The number of pyridine rings is 1. The fourth-order valence-corrected chi connectivity index (χ4v) is 5.03. The van der Waals surface area contributed by atoms with E-state index < -0.39 is 29.8 Å². The van der Waals surface area contributed by atoms with Crippen molar-refractivity contribution in [2.45, 2.75) is 31.7 Å². The number of carboxylic acid groups (broad SMARTS) is 1. The highest BCUT2D eigenvalue weighted by Gasteiger charge is 2.28. The third-order valence-corrected chi connectivity index (χ3v) is 6.82. The third-order valence-electron chi connectivity index (χ3n) is 5.84. The Morgan fingerprint density at radius 3 is 2.89 bits per heavy atom. The van der Waals surface area contributed by atoms with E-state index >= 15 is 0 Å². The maximum atomic E-state index is 14.4. The molecule has 0 radical (unpaired) electrons. The number of benzene rings is 1. The molecule has 192 valence electrons. The van der Waals surface area contributed by atoms with Crippen molar-refractivity contribution in [2.24, 2.45) is 0 Å². The minimum Gasteiger partial charge on any atom is -0.494 e. The minimum absolute atomic E-state index is 0.0170. The van der Waals surface area contributed by atoms with Gasteiger partial charge in [-0.1, -0.05) is 24.3 Å². The van der Waals surface area contributed by atoms with Crippen molar-refractivity contribution in [3.05, 3.63) is 81.7 Å². The summed E-state index contributed by atoms with van der Waals surface area (Å²) in [6, 6.07) is 7.76. The lowest BCUT2D eigenvalue weighted by atomic mass is 9.96. The molecule has 2 aromatic heterocycles. The van der Waals surface area contributed by atoms with Crippen LogP contribution in [-0.4, -0.2) is 46.9 Å². The van der Waals surface area contributed by atoms with Crippen molar-refractivity contribution in [1.82, 2.24) is 9.97 Å². The summed E-state index contributed by atoms with van der Waals surface area (Å²) in [5.74, 6) is -0.891. The summed E-state index contributed by atoms with van der Waals surface area (Å²) in [6.07, 6.45) is 8.29. The van der Waals surface area contributed by atoms with Crippen LogP contribution in [0.2, 0.25) is 0 Å². The second kappa shape index (κ2) is 11.8. The number of hydrogen-bond acceptors (Lipinski definition) is 7. The molecule has 1 N–H and O–H groups in total. The molecule has 3 aromatic rings. The van der Waals surface area contributed by atoms with E-state index in [0.29, 0.717) is 28.5 Å². The molecule has 8 nitrogen and oxygen atoms in total. The Kier molecular flexibility index (Phi) is 8.29. The molecule has 37 heavy (non-hydrogen) atoms. The van der Waals surface area contributed by atoms with Crippen LogP contribution in [0.15, 0.2) is 54.1 Å². The third kappa shape index (κ3) is 6.03. The van der Waals surface area contributed by atoms with Crippen LogP contribution in [0.25, 0.3) is 12.2 Å². The average molecular weight is 524 g/mol. The van der Waals surface area contributed by atoms with E-state index in [-0.39, 0.29) is 18.8 Å². The fourth-order valence-electron chi connectivity index (χ4n) is 4.11. The van der Waals surface area contributed by atoms with Gasteiger partial charge in [0.15, 0.2) is 11.6 Å². The predicted octanol–water partition coefficient (Wildman–Crippen LogP) is 5.75. The number of ether oxygens (including phenoxy) is 2. The molecule has 4 rings (SSSR count).